The number of nitrogens with zero attached hydrogens (tertiary/aromatic N) is 1. The number of amides is 1. The highest BCUT2D eigenvalue weighted by Gasteiger charge is 2.29. The fraction of sp³-hybridized carbons (Fsp3) is 0.800. The largest absolute Gasteiger partial charge is 0.331 e. The first kappa shape index (κ1) is 14.1. The summed E-state index contributed by atoms with van der Waals surface area (Å²) in [6, 6.07) is 0. The highest BCUT2D eigenvalue weighted by Crippen LogP contribution is 2.31. The minimum absolute atomic E-state index is 0.178. The summed E-state index contributed by atoms with van der Waals surface area (Å²) in [4.78, 5) is 14.0. The normalized spacial score (nSPS) is 17.4. The Morgan fingerprint density at radius 2 is 2.06 bits per heavy atom. The Bertz CT molecular complexity index is 304. The van der Waals surface area contributed by atoms with E-state index >= 15 is 0 Å². The van der Waals surface area contributed by atoms with Crippen molar-refractivity contribution in [1.82, 2.24) is 4.90 Å². The van der Waals surface area contributed by atoms with E-state index in [0.717, 1.165) is 6.54 Å². The molecular weight excluding hydrogens is 210 g/mol. The molecule has 0 radical (unpaired) electrons. The van der Waals surface area contributed by atoms with Gasteiger partial charge in [0.25, 0.3) is 0 Å². The topological polar surface area (TPSA) is 20.3 Å². The molecule has 0 heterocycles. The van der Waals surface area contributed by atoms with Gasteiger partial charge in [-0.2, -0.15) is 0 Å². The van der Waals surface area contributed by atoms with Gasteiger partial charge in [-0.3, -0.25) is 4.79 Å². The second-order valence-electron chi connectivity index (χ2n) is 6.39. The van der Waals surface area contributed by atoms with Gasteiger partial charge in [0.1, 0.15) is 0 Å². The number of terminal acetylenes is 1. The molecule has 1 rings (SSSR count). The van der Waals surface area contributed by atoms with E-state index in [1.807, 2.05) is 4.90 Å². The summed E-state index contributed by atoms with van der Waals surface area (Å²) in [6.07, 6.45) is 8.45. The third-order valence-electron chi connectivity index (χ3n) is 3.77. The summed E-state index contributed by atoms with van der Waals surface area (Å²) in [5.41, 5.74) is 0.178. The van der Waals surface area contributed by atoms with E-state index in [2.05, 4.69) is 33.6 Å². The molecule has 0 aromatic carbocycles. The molecule has 0 bridgehead atoms. The molecule has 0 saturated heterocycles. The molecule has 0 N–H and O–H groups in total. The average molecular weight is 235 g/mol. The van der Waals surface area contributed by atoms with Crippen molar-refractivity contribution in [3.8, 4) is 12.3 Å². The first-order chi connectivity index (χ1) is 7.84. The van der Waals surface area contributed by atoms with Crippen LogP contribution in [-0.2, 0) is 4.79 Å². The van der Waals surface area contributed by atoms with Crippen LogP contribution in [0.25, 0.3) is 0 Å². The van der Waals surface area contributed by atoms with Gasteiger partial charge in [0.15, 0.2) is 0 Å². The van der Waals surface area contributed by atoms with Gasteiger partial charge in [-0.25, -0.2) is 0 Å². The molecule has 17 heavy (non-hydrogen) atoms. The quantitative estimate of drug-likeness (QED) is 0.671. The highest BCUT2D eigenvalue weighted by atomic mass is 16.2. The van der Waals surface area contributed by atoms with E-state index in [1.165, 1.54) is 12.8 Å². The number of hydrogen-bond donors (Lipinski definition) is 0. The average Bonchev–Trinajstić information content (AvgIpc) is 2.99. The molecule has 1 atom stereocenters. The van der Waals surface area contributed by atoms with Crippen molar-refractivity contribution in [2.75, 3.05) is 13.1 Å². The molecule has 2 nitrogen and oxygen atoms in total. The van der Waals surface area contributed by atoms with Gasteiger partial charge >= 0.3 is 0 Å². The highest BCUT2D eigenvalue weighted by molar-refractivity contribution is 5.76. The van der Waals surface area contributed by atoms with Crippen LogP contribution in [-0.4, -0.2) is 23.9 Å². The van der Waals surface area contributed by atoms with Crippen LogP contribution in [0.2, 0.25) is 0 Å². The van der Waals surface area contributed by atoms with Gasteiger partial charge < -0.3 is 4.90 Å². The van der Waals surface area contributed by atoms with Crippen molar-refractivity contribution in [3.05, 3.63) is 0 Å². The molecule has 1 saturated carbocycles. The monoisotopic (exact) mass is 235 g/mol. The fourth-order valence-electron chi connectivity index (χ4n) is 1.67. The molecular formula is C15H25NO. The van der Waals surface area contributed by atoms with Gasteiger partial charge in [0.05, 0.1) is 6.54 Å². The van der Waals surface area contributed by atoms with Crippen molar-refractivity contribution in [3.63, 3.8) is 0 Å². The van der Waals surface area contributed by atoms with Crippen LogP contribution >= 0.6 is 0 Å². The summed E-state index contributed by atoms with van der Waals surface area (Å²) in [7, 11) is 0. The van der Waals surface area contributed by atoms with E-state index in [9.17, 15) is 4.79 Å². The first-order valence-corrected chi connectivity index (χ1v) is 6.55. The summed E-state index contributed by atoms with van der Waals surface area (Å²) in [5, 5.41) is 0. The molecule has 96 valence electrons. The predicted molar refractivity (Wildman–Crippen MR) is 71.4 cm³/mol. The second-order valence-corrected chi connectivity index (χ2v) is 6.39. The molecule has 0 aromatic heterocycles. The Morgan fingerprint density at radius 3 is 2.47 bits per heavy atom. The lowest BCUT2D eigenvalue weighted by Gasteiger charge is -2.29. The van der Waals surface area contributed by atoms with Crippen molar-refractivity contribution in [1.29, 1.82) is 0 Å². The molecule has 0 aliphatic heterocycles. The van der Waals surface area contributed by atoms with Crippen LogP contribution in [0.5, 0.6) is 0 Å². The Morgan fingerprint density at radius 1 is 1.47 bits per heavy atom. The van der Waals surface area contributed by atoms with Crippen LogP contribution in [0, 0.1) is 29.6 Å². The first-order valence-electron chi connectivity index (χ1n) is 6.55. The minimum Gasteiger partial charge on any atom is -0.331 e. The molecule has 0 spiro atoms. The van der Waals surface area contributed by atoms with Crippen LogP contribution in [0.4, 0.5) is 0 Å². The van der Waals surface area contributed by atoms with Crippen LogP contribution in [0.15, 0.2) is 0 Å². The van der Waals surface area contributed by atoms with Crippen LogP contribution in [0.3, 0.4) is 0 Å². The maximum absolute atomic E-state index is 12.2. The van der Waals surface area contributed by atoms with Crippen molar-refractivity contribution >= 4 is 5.91 Å². The van der Waals surface area contributed by atoms with Crippen molar-refractivity contribution in [2.24, 2.45) is 17.3 Å². The predicted octanol–water partition coefficient (Wildman–Crippen LogP) is 2.93. The Labute approximate surface area is 106 Å². The fourth-order valence-corrected chi connectivity index (χ4v) is 1.67. The molecule has 1 aliphatic carbocycles. The number of rotatable bonds is 5. The van der Waals surface area contributed by atoms with Crippen molar-refractivity contribution in [2.45, 2.75) is 47.0 Å². The molecule has 1 fully saturated rings. The Balaban J connectivity index is 2.49. The maximum atomic E-state index is 12.2. The molecule has 1 amide bonds. The maximum Gasteiger partial charge on any atom is 0.223 e. The third kappa shape index (κ3) is 4.81. The standard InChI is InChI=1S/C15H25NO/c1-6-9-16(11-13-7-8-13)14(17)10-12(2)15(3,4)5/h1,12-13H,7-11H2,2-5H3. The lowest BCUT2D eigenvalue weighted by Crippen LogP contribution is -2.35. The lowest BCUT2D eigenvalue weighted by atomic mass is 9.80. The van der Waals surface area contributed by atoms with E-state index in [4.69, 9.17) is 6.42 Å². The number of hydrogen-bond acceptors (Lipinski definition) is 1. The second kappa shape index (κ2) is 5.58. The number of carbonyl (C=O) groups excluding carboxylic acids is 1. The Kier molecular flexibility index (Phi) is 4.62. The summed E-state index contributed by atoms with van der Waals surface area (Å²) < 4.78 is 0. The van der Waals surface area contributed by atoms with Gasteiger partial charge in [-0.05, 0) is 30.1 Å². The summed E-state index contributed by atoms with van der Waals surface area (Å²) >= 11 is 0. The molecule has 2 heteroatoms. The van der Waals surface area contributed by atoms with E-state index in [1.54, 1.807) is 0 Å². The molecule has 1 aliphatic rings. The van der Waals surface area contributed by atoms with Gasteiger partial charge in [-0.1, -0.05) is 33.6 Å². The summed E-state index contributed by atoms with van der Waals surface area (Å²) in [5.74, 6) is 3.91. The van der Waals surface area contributed by atoms with Gasteiger partial charge in [0, 0.05) is 13.0 Å². The van der Waals surface area contributed by atoms with Crippen molar-refractivity contribution < 1.29 is 4.79 Å². The molecule has 0 aromatic rings. The van der Waals surface area contributed by atoms with Gasteiger partial charge in [0.2, 0.25) is 5.91 Å². The van der Waals surface area contributed by atoms with Crippen LogP contribution < -0.4 is 0 Å². The zero-order valence-corrected chi connectivity index (χ0v) is 11.6. The van der Waals surface area contributed by atoms with Gasteiger partial charge in [-0.15, -0.1) is 6.42 Å². The zero-order valence-electron chi connectivity index (χ0n) is 11.6. The molecule has 1 unspecified atom stereocenters. The Hall–Kier alpha value is -0.970. The SMILES string of the molecule is C#CCN(CC1CC1)C(=O)CC(C)C(C)(C)C. The number of carbonyl (C=O) groups is 1. The lowest BCUT2D eigenvalue weighted by molar-refractivity contribution is -0.132. The van der Waals surface area contributed by atoms with Crippen LogP contribution in [0.1, 0.15) is 47.0 Å². The van der Waals surface area contributed by atoms with E-state index in [-0.39, 0.29) is 11.3 Å². The third-order valence-corrected chi connectivity index (χ3v) is 3.77. The van der Waals surface area contributed by atoms with E-state index < -0.39 is 0 Å². The van der Waals surface area contributed by atoms with E-state index in [0.29, 0.717) is 24.8 Å². The smallest absolute Gasteiger partial charge is 0.223 e. The zero-order chi connectivity index (χ0) is 13.1. The minimum atomic E-state index is 0.178. The summed E-state index contributed by atoms with van der Waals surface area (Å²) in [6.45, 7) is 10.0.